The molecule has 0 unspecified atom stereocenters. The lowest BCUT2D eigenvalue weighted by Gasteiger charge is -2.03. The van der Waals surface area contributed by atoms with Crippen LogP contribution in [0.3, 0.4) is 0 Å². The molecule has 2 N–H and O–H groups in total. The Morgan fingerprint density at radius 3 is 1.32 bits per heavy atom. The van der Waals surface area contributed by atoms with Gasteiger partial charge < -0.3 is 19.7 Å². The predicted octanol–water partition coefficient (Wildman–Crippen LogP) is 2.93. The van der Waals surface area contributed by atoms with Gasteiger partial charge in [-0.15, -0.1) is 0 Å². The molecule has 0 aliphatic heterocycles. The van der Waals surface area contributed by atoms with Crippen molar-refractivity contribution in [2.75, 3.05) is 26.4 Å². The van der Waals surface area contributed by atoms with Crippen LogP contribution in [-0.4, -0.2) is 48.6 Å². The fourth-order valence-electron chi connectivity index (χ4n) is 1.53. The van der Waals surface area contributed by atoms with E-state index in [0.29, 0.717) is 24.4 Å². The molecular weight excluding hydrogens is 324 g/mol. The third kappa shape index (κ3) is 20.3. The third-order valence-electron chi connectivity index (χ3n) is 3.02. The molecule has 0 spiro atoms. The summed E-state index contributed by atoms with van der Waals surface area (Å²) >= 11 is 0. The fraction of sp³-hybridized carbons (Fsp3) is 0.684. The summed E-state index contributed by atoms with van der Waals surface area (Å²) in [6.45, 7) is 11.5. The Kier molecular flexibility index (Phi) is 19.1. The van der Waals surface area contributed by atoms with Crippen molar-refractivity contribution >= 4 is 11.9 Å². The summed E-state index contributed by atoms with van der Waals surface area (Å²) in [5.74, 6) is -0.652. The van der Waals surface area contributed by atoms with Crippen molar-refractivity contribution in [2.45, 2.75) is 58.8 Å². The molecule has 0 aromatic carbocycles. The molecule has 6 heteroatoms. The van der Waals surface area contributed by atoms with Crippen molar-refractivity contribution in [3.05, 3.63) is 24.3 Å². The highest BCUT2D eigenvalue weighted by Crippen LogP contribution is 2.01. The van der Waals surface area contributed by atoms with E-state index in [2.05, 4.69) is 13.2 Å². The monoisotopic (exact) mass is 358 g/mol. The molecular formula is C19H34O6. The number of ether oxygens (including phenoxy) is 2. The Bertz CT molecular complexity index is 389. The Morgan fingerprint density at radius 2 is 1.00 bits per heavy atom. The summed E-state index contributed by atoms with van der Waals surface area (Å²) in [5.41, 5.74) is 0.868. The highest BCUT2D eigenvalue weighted by Gasteiger charge is 2.02. The summed E-state index contributed by atoms with van der Waals surface area (Å²) in [4.78, 5) is 21.7. The van der Waals surface area contributed by atoms with E-state index in [4.69, 9.17) is 19.7 Å². The lowest BCUT2D eigenvalue weighted by molar-refractivity contribution is -0.139. The van der Waals surface area contributed by atoms with Gasteiger partial charge in [-0.1, -0.05) is 19.6 Å². The van der Waals surface area contributed by atoms with Crippen LogP contribution < -0.4 is 0 Å². The van der Waals surface area contributed by atoms with Crippen molar-refractivity contribution in [3.8, 4) is 0 Å². The van der Waals surface area contributed by atoms with E-state index in [1.165, 1.54) is 0 Å². The van der Waals surface area contributed by atoms with Crippen LogP contribution in [0.2, 0.25) is 0 Å². The van der Waals surface area contributed by atoms with Crippen molar-refractivity contribution in [1.29, 1.82) is 0 Å². The normalized spacial score (nSPS) is 9.60. The number of carbonyl (C=O) groups is 2. The number of aliphatic hydroxyl groups excluding tert-OH is 2. The van der Waals surface area contributed by atoms with Gasteiger partial charge in [-0.2, -0.15) is 0 Å². The van der Waals surface area contributed by atoms with Crippen molar-refractivity contribution in [2.24, 2.45) is 0 Å². The predicted molar refractivity (Wildman–Crippen MR) is 98.0 cm³/mol. The van der Waals surface area contributed by atoms with E-state index in [9.17, 15) is 9.59 Å². The number of rotatable bonds is 13. The van der Waals surface area contributed by atoms with Crippen LogP contribution in [0.25, 0.3) is 0 Å². The quantitative estimate of drug-likeness (QED) is 0.299. The molecule has 0 aliphatic carbocycles. The summed E-state index contributed by atoms with van der Waals surface area (Å²) in [6, 6.07) is 0. The van der Waals surface area contributed by atoms with Gasteiger partial charge in [0.25, 0.3) is 0 Å². The maximum absolute atomic E-state index is 10.9. The molecule has 0 bridgehead atoms. The zero-order chi connectivity index (χ0) is 19.5. The molecule has 0 amide bonds. The van der Waals surface area contributed by atoms with Gasteiger partial charge in [-0.25, -0.2) is 9.59 Å². The molecule has 0 atom stereocenters. The number of hydrogen-bond donors (Lipinski definition) is 2. The fourth-order valence-corrected chi connectivity index (χ4v) is 1.53. The van der Waals surface area contributed by atoms with E-state index >= 15 is 0 Å². The van der Waals surface area contributed by atoms with Crippen LogP contribution in [0.15, 0.2) is 24.3 Å². The van der Waals surface area contributed by atoms with E-state index in [1.807, 2.05) is 0 Å². The Hall–Kier alpha value is -1.66. The standard InChI is InChI=1S/C10H18O3.C9H16O3/c1-9(2)10(12)13-8-6-4-3-5-7-11;1-8(2)9(11)12-7-5-3-4-6-10/h11H,1,3-8H2,2H3;10H,1,3-7H2,2H3. The second-order valence-corrected chi connectivity index (χ2v) is 5.75. The average molecular weight is 358 g/mol. The molecule has 0 heterocycles. The zero-order valence-electron chi connectivity index (χ0n) is 15.7. The summed E-state index contributed by atoms with van der Waals surface area (Å²) in [7, 11) is 0. The average Bonchev–Trinajstić information content (AvgIpc) is 2.57. The smallest absolute Gasteiger partial charge is 0.333 e. The lowest BCUT2D eigenvalue weighted by Crippen LogP contribution is -2.06. The van der Waals surface area contributed by atoms with Gasteiger partial charge in [-0.05, 0) is 52.4 Å². The minimum Gasteiger partial charge on any atom is -0.462 e. The van der Waals surface area contributed by atoms with Crippen LogP contribution in [0.5, 0.6) is 0 Å². The Balaban J connectivity index is 0. The van der Waals surface area contributed by atoms with Crippen LogP contribution in [-0.2, 0) is 19.1 Å². The topological polar surface area (TPSA) is 93.1 Å². The minimum absolute atomic E-state index is 0.203. The van der Waals surface area contributed by atoms with Crippen molar-refractivity contribution < 1.29 is 29.3 Å². The third-order valence-corrected chi connectivity index (χ3v) is 3.02. The molecule has 0 aromatic heterocycles. The molecule has 0 saturated carbocycles. The first-order valence-electron chi connectivity index (χ1n) is 8.73. The van der Waals surface area contributed by atoms with Crippen LogP contribution in [0, 0.1) is 0 Å². The molecule has 0 rings (SSSR count). The molecule has 0 radical (unpaired) electrons. The summed E-state index contributed by atoms with van der Waals surface area (Å²) < 4.78 is 9.71. The maximum atomic E-state index is 10.9. The molecule has 0 aromatic rings. The SMILES string of the molecule is C=C(C)C(=O)OCCCCCCO.C=C(C)C(=O)OCCCCCO. The molecule has 0 aliphatic rings. The van der Waals surface area contributed by atoms with Gasteiger partial charge in [0.2, 0.25) is 0 Å². The molecule has 25 heavy (non-hydrogen) atoms. The lowest BCUT2D eigenvalue weighted by atomic mass is 10.2. The number of esters is 2. The second kappa shape index (κ2) is 18.7. The Morgan fingerprint density at radius 1 is 0.680 bits per heavy atom. The molecule has 0 saturated heterocycles. The van der Waals surface area contributed by atoms with Gasteiger partial charge in [0.15, 0.2) is 0 Å². The van der Waals surface area contributed by atoms with Crippen LogP contribution in [0.4, 0.5) is 0 Å². The Labute approximate surface area is 151 Å². The maximum Gasteiger partial charge on any atom is 0.333 e. The van der Waals surface area contributed by atoms with Gasteiger partial charge in [-0.3, -0.25) is 0 Å². The highest BCUT2D eigenvalue weighted by atomic mass is 16.5. The second-order valence-electron chi connectivity index (χ2n) is 5.75. The zero-order valence-corrected chi connectivity index (χ0v) is 15.7. The van der Waals surface area contributed by atoms with E-state index in [0.717, 1.165) is 44.9 Å². The van der Waals surface area contributed by atoms with E-state index < -0.39 is 0 Å². The summed E-state index contributed by atoms with van der Waals surface area (Å²) in [6.07, 6.45) is 6.13. The minimum atomic E-state index is -0.334. The van der Waals surface area contributed by atoms with E-state index in [1.54, 1.807) is 13.8 Å². The van der Waals surface area contributed by atoms with Crippen LogP contribution >= 0.6 is 0 Å². The van der Waals surface area contributed by atoms with Gasteiger partial charge >= 0.3 is 11.9 Å². The van der Waals surface area contributed by atoms with E-state index in [-0.39, 0.29) is 25.2 Å². The largest absolute Gasteiger partial charge is 0.462 e. The number of carbonyl (C=O) groups excluding carboxylic acids is 2. The van der Waals surface area contributed by atoms with Gasteiger partial charge in [0, 0.05) is 24.4 Å². The van der Waals surface area contributed by atoms with Gasteiger partial charge in [0.05, 0.1) is 13.2 Å². The molecule has 6 nitrogen and oxygen atoms in total. The van der Waals surface area contributed by atoms with Crippen LogP contribution in [0.1, 0.15) is 58.8 Å². The first-order valence-corrected chi connectivity index (χ1v) is 8.73. The van der Waals surface area contributed by atoms with Crippen molar-refractivity contribution in [3.63, 3.8) is 0 Å². The molecule has 146 valence electrons. The van der Waals surface area contributed by atoms with Crippen molar-refractivity contribution in [1.82, 2.24) is 0 Å². The number of unbranched alkanes of at least 4 members (excludes halogenated alkanes) is 5. The molecule has 0 fully saturated rings. The van der Waals surface area contributed by atoms with Gasteiger partial charge in [0.1, 0.15) is 0 Å². The highest BCUT2D eigenvalue weighted by molar-refractivity contribution is 5.87. The number of aliphatic hydroxyl groups is 2. The first kappa shape index (κ1) is 25.6. The first-order chi connectivity index (χ1) is 11.9. The summed E-state index contributed by atoms with van der Waals surface area (Å²) in [5, 5.41) is 16.9. The number of hydrogen-bond acceptors (Lipinski definition) is 6.